The Bertz CT molecular complexity index is 1330. The van der Waals surface area contributed by atoms with Crippen LogP contribution in [0.15, 0.2) is 30.5 Å². The molecule has 1 aromatic carbocycles. The second-order valence-corrected chi connectivity index (χ2v) is 9.46. The Morgan fingerprint density at radius 1 is 1.17 bits per heavy atom. The van der Waals surface area contributed by atoms with Gasteiger partial charge in [0.05, 0.1) is 45.4 Å². The number of anilines is 1. The number of amides is 2. The number of aromatic nitrogens is 3. The number of hydrogen-bond acceptors (Lipinski definition) is 6. The van der Waals surface area contributed by atoms with Crippen LogP contribution in [-0.2, 0) is 9.84 Å². The van der Waals surface area contributed by atoms with Gasteiger partial charge < -0.3 is 0 Å². The zero-order valence-corrected chi connectivity index (χ0v) is 16.1. The van der Waals surface area contributed by atoms with Crippen LogP contribution in [-0.4, -0.2) is 46.5 Å². The maximum atomic E-state index is 14.3. The van der Waals surface area contributed by atoms with Crippen molar-refractivity contribution < 1.29 is 22.4 Å². The van der Waals surface area contributed by atoms with Gasteiger partial charge in [-0.15, -0.1) is 0 Å². The first-order valence-electron chi connectivity index (χ1n) is 9.00. The van der Waals surface area contributed by atoms with Crippen molar-refractivity contribution >= 4 is 38.4 Å². The summed E-state index contributed by atoms with van der Waals surface area (Å²) in [6.07, 6.45) is 1.69. The van der Waals surface area contributed by atoms with Crippen molar-refractivity contribution in [3.05, 3.63) is 53.1 Å². The van der Waals surface area contributed by atoms with Gasteiger partial charge in [-0.2, -0.15) is 5.10 Å². The van der Waals surface area contributed by atoms with Crippen LogP contribution < -0.4 is 4.90 Å². The predicted octanol–water partition coefficient (Wildman–Crippen LogP) is 2.04. The van der Waals surface area contributed by atoms with E-state index in [0.717, 1.165) is 4.90 Å². The smallest absolute Gasteiger partial charge is 0.267 e. The molecule has 3 aromatic rings. The molecular formula is C19H15FN4O4S. The molecule has 4 heterocycles. The Morgan fingerprint density at radius 2 is 1.93 bits per heavy atom. The van der Waals surface area contributed by atoms with Gasteiger partial charge in [0.15, 0.2) is 15.5 Å². The van der Waals surface area contributed by atoms with Crippen molar-refractivity contribution in [1.29, 1.82) is 0 Å². The highest BCUT2D eigenvalue weighted by Crippen LogP contribution is 2.36. The normalized spacial score (nSPS) is 20.6. The number of hydrogen-bond donors (Lipinski definition) is 0. The quantitative estimate of drug-likeness (QED) is 0.595. The number of sulfone groups is 1. The van der Waals surface area contributed by atoms with Crippen LogP contribution >= 0.6 is 0 Å². The van der Waals surface area contributed by atoms with Crippen LogP contribution in [0.2, 0.25) is 0 Å². The minimum Gasteiger partial charge on any atom is -0.268 e. The molecule has 5 rings (SSSR count). The summed E-state index contributed by atoms with van der Waals surface area (Å²) in [5.74, 6) is -1.96. The van der Waals surface area contributed by atoms with Crippen LogP contribution in [0.4, 0.5) is 10.1 Å². The first-order valence-corrected chi connectivity index (χ1v) is 10.8. The van der Waals surface area contributed by atoms with Gasteiger partial charge in [-0.25, -0.2) is 27.4 Å². The highest BCUT2D eigenvalue weighted by Gasteiger charge is 2.41. The molecule has 0 bridgehead atoms. The number of halogens is 1. The average molecular weight is 414 g/mol. The summed E-state index contributed by atoms with van der Waals surface area (Å²) in [6.45, 7) is 1.67. The Labute approximate surface area is 164 Å². The van der Waals surface area contributed by atoms with Gasteiger partial charge in [0.25, 0.3) is 11.8 Å². The molecule has 0 spiro atoms. The topological polar surface area (TPSA) is 102 Å². The highest BCUT2D eigenvalue weighted by atomic mass is 32.2. The van der Waals surface area contributed by atoms with E-state index in [-0.39, 0.29) is 34.4 Å². The zero-order valence-electron chi connectivity index (χ0n) is 15.3. The maximum absolute atomic E-state index is 14.3. The molecule has 148 valence electrons. The molecule has 0 N–H and O–H groups in total. The molecule has 2 aliphatic heterocycles. The molecule has 8 nitrogen and oxygen atoms in total. The first-order chi connectivity index (χ1) is 13.8. The number of fused-ring (bicyclic) bond motifs is 3. The third-order valence-corrected chi connectivity index (χ3v) is 7.14. The summed E-state index contributed by atoms with van der Waals surface area (Å²) in [7, 11) is -3.14. The van der Waals surface area contributed by atoms with Crippen LogP contribution in [0, 0.1) is 12.7 Å². The van der Waals surface area contributed by atoms with Crippen molar-refractivity contribution in [2.45, 2.75) is 19.4 Å². The standard InChI is InChI=1S/C19H15FN4O4S/c1-10-15-16-12(18(25)23(19(16)26)14-5-3-2-4-13(14)20)8-21-17(15)24(22-10)11-6-7-29(27,28)9-11/h2-5,8,11H,6-7,9H2,1H3. The number of benzene rings is 1. The molecule has 2 aliphatic rings. The van der Waals surface area contributed by atoms with Gasteiger partial charge in [-0.05, 0) is 25.5 Å². The summed E-state index contributed by atoms with van der Waals surface area (Å²) in [5, 5.41) is 4.82. The fourth-order valence-electron chi connectivity index (χ4n) is 4.06. The fraction of sp³-hybridized carbons (Fsp3) is 0.263. The number of imide groups is 1. The van der Waals surface area contributed by atoms with Gasteiger partial charge in [0.1, 0.15) is 5.82 Å². The van der Waals surface area contributed by atoms with Crippen LogP contribution in [0.25, 0.3) is 11.0 Å². The summed E-state index contributed by atoms with van der Waals surface area (Å²) in [4.78, 5) is 31.1. The molecule has 2 amide bonds. The number of carbonyl (C=O) groups is 2. The Hall–Kier alpha value is -3.14. The molecule has 10 heteroatoms. The zero-order chi connectivity index (χ0) is 20.5. The first kappa shape index (κ1) is 17.9. The molecule has 1 fully saturated rings. The minimum absolute atomic E-state index is 0.0454. The summed E-state index contributed by atoms with van der Waals surface area (Å²) in [5.41, 5.74) is 0.879. The lowest BCUT2D eigenvalue weighted by Gasteiger charge is -2.14. The van der Waals surface area contributed by atoms with E-state index >= 15 is 0 Å². The Kier molecular flexibility index (Phi) is 3.66. The molecule has 0 aliphatic carbocycles. The van der Waals surface area contributed by atoms with E-state index in [1.54, 1.807) is 13.0 Å². The van der Waals surface area contributed by atoms with E-state index in [1.807, 2.05) is 0 Å². The van der Waals surface area contributed by atoms with Gasteiger partial charge in [-0.1, -0.05) is 12.1 Å². The van der Waals surface area contributed by atoms with Crippen molar-refractivity contribution in [2.24, 2.45) is 0 Å². The third kappa shape index (κ3) is 2.52. The number of aryl methyl sites for hydroxylation is 1. The molecule has 2 aromatic heterocycles. The van der Waals surface area contributed by atoms with Crippen molar-refractivity contribution in [2.75, 3.05) is 16.4 Å². The summed E-state index contributed by atoms with van der Waals surface area (Å²) in [6, 6.07) is 5.18. The Balaban J connectivity index is 1.68. The fourth-order valence-corrected chi connectivity index (χ4v) is 5.75. The van der Waals surface area contributed by atoms with Crippen LogP contribution in [0.3, 0.4) is 0 Å². The van der Waals surface area contributed by atoms with Crippen LogP contribution in [0.1, 0.15) is 38.9 Å². The van der Waals surface area contributed by atoms with Crippen molar-refractivity contribution in [3.63, 3.8) is 0 Å². The number of nitrogens with zero attached hydrogens (tertiary/aromatic N) is 4. The van der Waals surface area contributed by atoms with Crippen molar-refractivity contribution in [3.8, 4) is 0 Å². The van der Waals surface area contributed by atoms with E-state index in [0.29, 0.717) is 23.1 Å². The molecule has 1 unspecified atom stereocenters. The van der Waals surface area contributed by atoms with Gasteiger partial charge in [0, 0.05) is 6.20 Å². The molecule has 1 saturated heterocycles. The number of para-hydroxylation sites is 1. The SMILES string of the molecule is Cc1nn(C2CCS(=O)(=O)C2)c2ncc3c(c12)C(=O)N(c1ccccc1F)C3=O. The summed E-state index contributed by atoms with van der Waals surface area (Å²) < 4.78 is 39.5. The highest BCUT2D eigenvalue weighted by molar-refractivity contribution is 7.91. The Morgan fingerprint density at radius 3 is 2.62 bits per heavy atom. The maximum Gasteiger partial charge on any atom is 0.267 e. The predicted molar refractivity (Wildman–Crippen MR) is 102 cm³/mol. The monoisotopic (exact) mass is 414 g/mol. The van der Waals surface area contributed by atoms with Gasteiger partial charge in [-0.3, -0.25) is 9.59 Å². The van der Waals surface area contributed by atoms with Gasteiger partial charge >= 0.3 is 0 Å². The molecule has 29 heavy (non-hydrogen) atoms. The average Bonchev–Trinajstić information content (AvgIpc) is 3.29. The van der Waals surface area contributed by atoms with E-state index in [2.05, 4.69) is 10.1 Å². The lowest BCUT2D eigenvalue weighted by molar-refractivity contribution is 0.0925. The molecule has 0 saturated carbocycles. The van der Waals surface area contributed by atoms with Crippen molar-refractivity contribution in [1.82, 2.24) is 14.8 Å². The van der Waals surface area contributed by atoms with Gasteiger partial charge in [0.2, 0.25) is 0 Å². The molecular weight excluding hydrogens is 399 g/mol. The van der Waals surface area contributed by atoms with Crippen LogP contribution in [0.5, 0.6) is 0 Å². The largest absolute Gasteiger partial charge is 0.268 e. The van der Waals surface area contributed by atoms with E-state index < -0.39 is 27.5 Å². The molecule has 0 radical (unpaired) electrons. The van der Waals surface area contributed by atoms with E-state index in [9.17, 15) is 22.4 Å². The number of rotatable bonds is 2. The lowest BCUT2D eigenvalue weighted by Crippen LogP contribution is -2.30. The second kappa shape index (κ2) is 5.93. The third-order valence-electron chi connectivity index (χ3n) is 5.39. The lowest BCUT2D eigenvalue weighted by atomic mass is 10.1. The van der Waals surface area contributed by atoms with E-state index in [1.165, 1.54) is 29.1 Å². The number of carbonyl (C=O) groups excluding carboxylic acids is 2. The van der Waals surface area contributed by atoms with E-state index in [4.69, 9.17) is 0 Å². The molecule has 1 atom stereocenters. The number of pyridine rings is 1. The second-order valence-electron chi connectivity index (χ2n) is 7.23. The summed E-state index contributed by atoms with van der Waals surface area (Å²) >= 11 is 0. The minimum atomic E-state index is -3.14.